The van der Waals surface area contributed by atoms with E-state index in [4.69, 9.17) is 5.73 Å². The first kappa shape index (κ1) is 22.4. The van der Waals surface area contributed by atoms with Crippen molar-refractivity contribution >= 4 is 23.4 Å². The van der Waals surface area contributed by atoms with Crippen molar-refractivity contribution in [2.45, 2.75) is 17.9 Å². The number of aromatic nitrogens is 4. The Morgan fingerprint density at radius 1 is 1.13 bits per heavy atom. The average molecular weight is 453 g/mol. The maximum Gasteiger partial charge on any atom is 0.406 e. The van der Waals surface area contributed by atoms with E-state index in [0.29, 0.717) is 5.56 Å². The van der Waals surface area contributed by atoms with Crippen LogP contribution < -0.4 is 17.0 Å². The molecule has 0 atom stereocenters. The molecule has 0 radical (unpaired) electrons. The summed E-state index contributed by atoms with van der Waals surface area (Å²) in [5.74, 6) is -1.41. The maximum atomic E-state index is 13.2. The van der Waals surface area contributed by atoms with E-state index in [1.54, 1.807) is 30.3 Å². The van der Waals surface area contributed by atoms with Crippen molar-refractivity contribution in [3.05, 3.63) is 62.9 Å². The average Bonchev–Trinajstić information content (AvgIpc) is 3.10. The summed E-state index contributed by atoms with van der Waals surface area (Å²) < 4.78 is 42.2. The third-order valence-electron chi connectivity index (χ3n) is 4.55. The number of thioether (sulfide) groups is 1. The first-order valence-corrected chi connectivity index (χ1v) is 9.89. The highest BCUT2D eigenvalue weighted by atomic mass is 32.2. The van der Waals surface area contributed by atoms with Crippen molar-refractivity contribution in [3.8, 4) is 11.3 Å². The number of Topliss-reactive ketones (excluding diaryl/α,β-unsaturated/α-hetero) is 1. The predicted octanol–water partition coefficient (Wildman–Crippen LogP) is 2.07. The van der Waals surface area contributed by atoms with E-state index >= 15 is 0 Å². The third-order valence-corrected chi connectivity index (χ3v) is 5.54. The summed E-state index contributed by atoms with van der Waals surface area (Å²) in [6.45, 7) is -1.29. The summed E-state index contributed by atoms with van der Waals surface area (Å²) in [5.41, 5.74) is 4.59. The number of nitrogens with zero attached hydrogens (tertiary/aromatic N) is 4. The number of carbonyl (C=O) groups excluding carboxylic acids is 1. The van der Waals surface area contributed by atoms with E-state index in [1.165, 1.54) is 20.3 Å². The summed E-state index contributed by atoms with van der Waals surface area (Å²) in [6, 6.07) is 8.42. The minimum Gasteiger partial charge on any atom is -0.384 e. The molecule has 31 heavy (non-hydrogen) atoms. The van der Waals surface area contributed by atoms with Crippen LogP contribution in [0.2, 0.25) is 0 Å². The van der Waals surface area contributed by atoms with Gasteiger partial charge < -0.3 is 10.3 Å². The highest BCUT2D eigenvalue weighted by molar-refractivity contribution is 7.99. The Morgan fingerprint density at radius 3 is 2.39 bits per heavy atom. The lowest BCUT2D eigenvalue weighted by Gasteiger charge is -2.14. The molecule has 0 fully saturated rings. The largest absolute Gasteiger partial charge is 0.406 e. The van der Waals surface area contributed by atoms with Crippen LogP contribution in [0.3, 0.4) is 0 Å². The van der Waals surface area contributed by atoms with Gasteiger partial charge in [-0.1, -0.05) is 42.1 Å². The molecule has 0 spiro atoms. The van der Waals surface area contributed by atoms with Crippen LogP contribution in [0.5, 0.6) is 0 Å². The van der Waals surface area contributed by atoms with Crippen LogP contribution in [0.15, 0.2) is 51.3 Å². The Balaban J connectivity index is 1.94. The number of imidazole rings is 1. The number of nitrogens with two attached hydrogens (primary N) is 1. The van der Waals surface area contributed by atoms with Gasteiger partial charge in [-0.25, -0.2) is 9.78 Å². The SMILES string of the molecule is Cn1c(N)c(C(=O)CSc2ncc(-c3ccccc3)n2CC(F)(F)F)c(=O)n(C)c1=O. The molecular weight excluding hydrogens is 435 g/mol. The van der Waals surface area contributed by atoms with E-state index < -0.39 is 35.3 Å². The Morgan fingerprint density at radius 2 is 1.77 bits per heavy atom. The maximum absolute atomic E-state index is 13.2. The van der Waals surface area contributed by atoms with Crippen molar-refractivity contribution in [2.24, 2.45) is 14.1 Å². The Labute approximate surface area is 178 Å². The minimum absolute atomic E-state index is 0.0373. The smallest absolute Gasteiger partial charge is 0.384 e. The summed E-state index contributed by atoms with van der Waals surface area (Å²) in [4.78, 5) is 40.9. The number of hydrogen-bond acceptors (Lipinski definition) is 6. The van der Waals surface area contributed by atoms with Gasteiger partial charge in [-0.15, -0.1) is 0 Å². The third kappa shape index (κ3) is 4.58. The normalized spacial score (nSPS) is 11.6. The summed E-state index contributed by atoms with van der Waals surface area (Å²) >= 11 is 0.751. The molecule has 0 bridgehead atoms. The van der Waals surface area contributed by atoms with Crippen LogP contribution in [-0.4, -0.2) is 36.4 Å². The second kappa shape index (κ2) is 8.46. The van der Waals surface area contributed by atoms with Crippen molar-refractivity contribution in [2.75, 3.05) is 11.5 Å². The first-order chi connectivity index (χ1) is 14.5. The predicted molar refractivity (Wildman–Crippen MR) is 110 cm³/mol. The van der Waals surface area contributed by atoms with Crippen LogP contribution in [-0.2, 0) is 20.6 Å². The molecule has 164 valence electrons. The van der Waals surface area contributed by atoms with Crippen molar-refractivity contribution in [1.29, 1.82) is 0 Å². The molecular formula is C19H18F3N5O3S. The van der Waals surface area contributed by atoms with Crippen LogP contribution >= 0.6 is 11.8 Å². The molecule has 0 aliphatic rings. The molecule has 2 N–H and O–H groups in total. The van der Waals surface area contributed by atoms with Crippen LogP contribution in [0.1, 0.15) is 10.4 Å². The zero-order chi connectivity index (χ0) is 22.9. The van der Waals surface area contributed by atoms with Gasteiger partial charge in [0.1, 0.15) is 17.9 Å². The van der Waals surface area contributed by atoms with Gasteiger partial charge in [0.05, 0.1) is 17.6 Å². The van der Waals surface area contributed by atoms with Crippen LogP contribution in [0.4, 0.5) is 19.0 Å². The highest BCUT2D eigenvalue weighted by Crippen LogP contribution is 2.30. The van der Waals surface area contributed by atoms with Crippen LogP contribution in [0, 0.1) is 0 Å². The number of ketones is 1. The van der Waals surface area contributed by atoms with Gasteiger partial charge in [0.2, 0.25) is 0 Å². The molecule has 0 saturated carbocycles. The lowest BCUT2D eigenvalue weighted by atomic mass is 10.2. The number of alkyl halides is 3. The second-order valence-electron chi connectivity index (χ2n) is 6.67. The summed E-state index contributed by atoms with van der Waals surface area (Å²) in [5, 5.41) is -0.0373. The number of halogens is 3. The zero-order valence-electron chi connectivity index (χ0n) is 16.5. The number of nitrogen functional groups attached to an aromatic ring is 1. The van der Waals surface area contributed by atoms with Gasteiger partial charge in [-0.05, 0) is 5.56 Å². The quantitative estimate of drug-likeness (QED) is 0.453. The molecule has 0 unspecified atom stereocenters. The van der Waals surface area contributed by atoms with Crippen molar-refractivity contribution < 1.29 is 18.0 Å². The first-order valence-electron chi connectivity index (χ1n) is 8.90. The second-order valence-corrected chi connectivity index (χ2v) is 7.61. The standard InChI is InChI=1S/C19H18F3N5O3S/c1-25-15(23)14(16(29)26(2)18(25)30)13(28)9-31-17-24-8-12(11-6-4-3-5-7-11)27(17)10-19(20,21)22/h3-8H,9-10,23H2,1-2H3. The fourth-order valence-corrected chi connectivity index (χ4v) is 3.82. The van der Waals surface area contributed by atoms with Crippen molar-refractivity contribution in [1.82, 2.24) is 18.7 Å². The van der Waals surface area contributed by atoms with E-state index in [0.717, 1.165) is 25.5 Å². The number of carbonyl (C=O) groups is 1. The molecule has 3 aromatic rings. The summed E-state index contributed by atoms with van der Waals surface area (Å²) in [7, 11) is 2.51. The zero-order valence-corrected chi connectivity index (χ0v) is 17.3. The number of rotatable bonds is 6. The van der Waals surface area contributed by atoms with Gasteiger partial charge in [0.25, 0.3) is 5.56 Å². The highest BCUT2D eigenvalue weighted by Gasteiger charge is 2.31. The number of hydrogen-bond donors (Lipinski definition) is 1. The molecule has 8 nitrogen and oxygen atoms in total. The molecule has 2 heterocycles. The molecule has 2 aromatic heterocycles. The molecule has 0 aliphatic heterocycles. The lowest BCUT2D eigenvalue weighted by molar-refractivity contribution is -0.141. The fourth-order valence-electron chi connectivity index (χ4n) is 2.97. The van der Waals surface area contributed by atoms with Crippen molar-refractivity contribution in [3.63, 3.8) is 0 Å². The topological polar surface area (TPSA) is 105 Å². The van der Waals surface area contributed by atoms with E-state index in [1.807, 2.05) is 0 Å². The fraction of sp³-hybridized carbons (Fsp3) is 0.263. The summed E-state index contributed by atoms with van der Waals surface area (Å²) in [6.07, 6.45) is -3.21. The van der Waals surface area contributed by atoms with E-state index in [9.17, 15) is 27.6 Å². The van der Waals surface area contributed by atoms with E-state index in [2.05, 4.69) is 4.98 Å². The number of anilines is 1. The Bertz CT molecular complexity index is 1250. The Kier molecular flexibility index (Phi) is 6.11. The molecule has 0 aliphatic carbocycles. The minimum atomic E-state index is -4.51. The Hall–Kier alpha value is -3.28. The lowest BCUT2D eigenvalue weighted by Crippen LogP contribution is -2.41. The van der Waals surface area contributed by atoms with E-state index in [-0.39, 0.29) is 22.4 Å². The molecule has 0 amide bonds. The number of benzene rings is 1. The van der Waals surface area contributed by atoms with Gasteiger partial charge in [0, 0.05) is 14.1 Å². The molecule has 1 aromatic carbocycles. The van der Waals surface area contributed by atoms with Crippen LogP contribution in [0.25, 0.3) is 11.3 Å². The van der Waals surface area contributed by atoms with Gasteiger partial charge >= 0.3 is 11.9 Å². The van der Waals surface area contributed by atoms with Gasteiger partial charge in [0.15, 0.2) is 10.9 Å². The molecule has 3 rings (SSSR count). The van der Waals surface area contributed by atoms with Gasteiger partial charge in [-0.2, -0.15) is 13.2 Å². The van der Waals surface area contributed by atoms with Gasteiger partial charge in [-0.3, -0.25) is 18.7 Å². The monoisotopic (exact) mass is 453 g/mol. The molecule has 0 saturated heterocycles. The molecule has 12 heteroatoms.